The maximum Gasteiger partial charge on any atom is 0.407 e. The molecule has 3 aromatic carbocycles. The normalized spacial score (nSPS) is 13.1. The summed E-state index contributed by atoms with van der Waals surface area (Å²) >= 11 is 0. The van der Waals surface area contributed by atoms with Gasteiger partial charge in [-0.2, -0.15) is 0 Å². The van der Waals surface area contributed by atoms with E-state index in [-0.39, 0.29) is 12.5 Å². The summed E-state index contributed by atoms with van der Waals surface area (Å²) in [5, 5.41) is 11.5. The Morgan fingerprint density at radius 2 is 1.82 bits per heavy atom. The molecule has 4 rings (SSSR count). The zero-order valence-electron chi connectivity index (χ0n) is 25.6. The molecule has 1 aliphatic heterocycles. The van der Waals surface area contributed by atoms with Crippen LogP contribution in [0.1, 0.15) is 60.8 Å². The van der Waals surface area contributed by atoms with Gasteiger partial charge in [0.15, 0.2) is 0 Å². The molecule has 234 valence electrons. The fraction of sp³-hybridized carbons (Fsp3) is 0.400. The van der Waals surface area contributed by atoms with Crippen LogP contribution in [0.2, 0.25) is 0 Å². The van der Waals surface area contributed by atoms with Gasteiger partial charge >= 0.3 is 12.1 Å². The third kappa shape index (κ3) is 8.83. The molecule has 0 saturated carbocycles. The number of carboxylic acids is 1. The van der Waals surface area contributed by atoms with Gasteiger partial charge in [-0.1, -0.05) is 42.5 Å². The average molecular weight is 602 g/mol. The Morgan fingerprint density at radius 1 is 1.02 bits per heavy atom. The van der Waals surface area contributed by atoms with Crippen molar-refractivity contribution >= 4 is 23.7 Å². The first-order valence-corrected chi connectivity index (χ1v) is 15.3. The van der Waals surface area contributed by atoms with Crippen LogP contribution in [0, 0.1) is 13.8 Å². The Hall–Kier alpha value is -4.37. The lowest BCUT2D eigenvalue weighted by molar-refractivity contribution is -0.138. The quantitative estimate of drug-likeness (QED) is 0.196. The zero-order chi connectivity index (χ0) is 31.5. The van der Waals surface area contributed by atoms with E-state index in [2.05, 4.69) is 24.4 Å². The number of rotatable bonds is 14. The van der Waals surface area contributed by atoms with Gasteiger partial charge in [0.05, 0.1) is 6.61 Å². The summed E-state index contributed by atoms with van der Waals surface area (Å²) in [6, 6.07) is 19.1. The third-order valence-electron chi connectivity index (χ3n) is 8.04. The number of unbranched alkanes of at least 4 members (excludes halogenated alkanes) is 1. The number of carbonyl (C=O) groups is 3. The highest BCUT2D eigenvalue weighted by Crippen LogP contribution is 2.36. The number of carboxylic acid groups (broad SMARTS) is 1. The van der Waals surface area contributed by atoms with E-state index in [0.29, 0.717) is 51.8 Å². The number of carbonyl (C=O) groups excluding carboxylic acids is 2. The Morgan fingerprint density at radius 3 is 2.64 bits per heavy atom. The number of hydrogen-bond acceptors (Lipinski definition) is 6. The standard InChI is InChI=1S/C35H43N3O6/c1-24-10-5-17-32(25(24)2)43-21-9-18-33(39)38-20-8-14-29-28(13-7-16-31(29)38)27-12-6-11-26(22-27)23-44-35(42)37-19-4-3-15-30(36)34(40)41/h5-7,10-13,16-17,22,30H,3-4,8-9,14-15,18-21,23,36H2,1-2H3,(H,37,42)(H,40,41)/t30-/m1/s1. The van der Waals surface area contributed by atoms with E-state index in [4.69, 9.17) is 20.3 Å². The summed E-state index contributed by atoms with van der Waals surface area (Å²) in [6.07, 6.45) is 3.88. The molecular formula is C35H43N3O6. The van der Waals surface area contributed by atoms with Crippen molar-refractivity contribution in [2.45, 2.75) is 71.4 Å². The van der Waals surface area contributed by atoms with Crippen LogP contribution in [0.3, 0.4) is 0 Å². The highest BCUT2D eigenvalue weighted by molar-refractivity contribution is 5.96. The molecule has 4 N–H and O–H groups in total. The van der Waals surface area contributed by atoms with Crippen molar-refractivity contribution in [1.29, 1.82) is 0 Å². The van der Waals surface area contributed by atoms with Crippen LogP contribution in [-0.2, 0) is 27.4 Å². The van der Waals surface area contributed by atoms with Gasteiger partial charge in [0.2, 0.25) is 5.91 Å². The molecule has 2 amide bonds. The molecule has 0 saturated heterocycles. The van der Waals surface area contributed by atoms with Crippen molar-refractivity contribution in [3.8, 4) is 16.9 Å². The minimum atomic E-state index is -1.02. The van der Waals surface area contributed by atoms with Crippen LogP contribution in [-0.4, -0.2) is 48.8 Å². The number of hydrogen-bond donors (Lipinski definition) is 3. The van der Waals surface area contributed by atoms with E-state index in [1.54, 1.807) is 0 Å². The molecule has 0 aliphatic carbocycles. The summed E-state index contributed by atoms with van der Waals surface area (Å²) in [5.41, 5.74) is 12.9. The van der Waals surface area contributed by atoms with E-state index in [1.807, 2.05) is 60.4 Å². The molecule has 0 fully saturated rings. The Labute approximate surface area is 259 Å². The number of aliphatic carboxylic acids is 1. The number of nitrogens with two attached hydrogens (primary N) is 1. The number of anilines is 1. The summed E-state index contributed by atoms with van der Waals surface area (Å²) < 4.78 is 11.4. The average Bonchev–Trinajstić information content (AvgIpc) is 3.03. The van der Waals surface area contributed by atoms with E-state index in [9.17, 15) is 14.4 Å². The minimum absolute atomic E-state index is 0.102. The van der Waals surface area contributed by atoms with Gasteiger partial charge in [-0.25, -0.2) is 4.79 Å². The number of benzene rings is 3. The van der Waals surface area contributed by atoms with Crippen molar-refractivity contribution in [2.24, 2.45) is 5.73 Å². The van der Waals surface area contributed by atoms with E-state index >= 15 is 0 Å². The molecule has 1 atom stereocenters. The highest BCUT2D eigenvalue weighted by atomic mass is 16.5. The monoisotopic (exact) mass is 601 g/mol. The molecule has 0 aromatic heterocycles. The predicted molar refractivity (Wildman–Crippen MR) is 171 cm³/mol. The largest absolute Gasteiger partial charge is 0.493 e. The molecule has 0 unspecified atom stereocenters. The lowest BCUT2D eigenvalue weighted by Crippen LogP contribution is -2.35. The van der Waals surface area contributed by atoms with Gasteiger partial charge in [0, 0.05) is 25.2 Å². The van der Waals surface area contributed by atoms with Crippen LogP contribution >= 0.6 is 0 Å². The topological polar surface area (TPSA) is 131 Å². The van der Waals surface area contributed by atoms with Crippen LogP contribution in [0.15, 0.2) is 60.7 Å². The molecule has 0 spiro atoms. The van der Waals surface area contributed by atoms with Gasteiger partial charge in [-0.3, -0.25) is 9.59 Å². The van der Waals surface area contributed by atoms with Gasteiger partial charge in [-0.15, -0.1) is 0 Å². The van der Waals surface area contributed by atoms with Crippen molar-refractivity contribution in [2.75, 3.05) is 24.6 Å². The summed E-state index contributed by atoms with van der Waals surface area (Å²) in [6.45, 7) is 5.80. The predicted octanol–water partition coefficient (Wildman–Crippen LogP) is 5.92. The molecule has 9 nitrogen and oxygen atoms in total. The molecule has 44 heavy (non-hydrogen) atoms. The number of amides is 2. The van der Waals surface area contributed by atoms with Crippen LogP contribution in [0.5, 0.6) is 5.75 Å². The lowest BCUT2D eigenvalue weighted by Gasteiger charge is -2.31. The van der Waals surface area contributed by atoms with Crippen molar-refractivity contribution in [1.82, 2.24) is 5.32 Å². The second-order valence-corrected chi connectivity index (χ2v) is 11.2. The van der Waals surface area contributed by atoms with Crippen LogP contribution in [0.4, 0.5) is 10.5 Å². The van der Waals surface area contributed by atoms with Gasteiger partial charge in [0.25, 0.3) is 0 Å². The highest BCUT2D eigenvalue weighted by Gasteiger charge is 2.24. The summed E-state index contributed by atoms with van der Waals surface area (Å²) in [7, 11) is 0. The molecule has 0 radical (unpaired) electrons. The first-order valence-electron chi connectivity index (χ1n) is 15.3. The molecular weight excluding hydrogens is 558 g/mol. The Bertz CT molecular complexity index is 1460. The Kier molecular flexibility index (Phi) is 11.8. The van der Waals surface area contributed by atoms with E-state index in [1.165, 1.54) is 5.56 Å². The van der Waals surface area contributed by atoms with E-state index in [0.717, 1.165) is 52.1 Å². The second-order valence-electron chi connectivity index (χ2n) is 11.2. The number of alkyl carbamates (subject to hydrolysis) is 1. The van der Waals surface area contributed by atoms with Gasteiger partial charge < -0.3 is 30.5 Å². The third-order valence-corrected chi connectivity index (χ3v) is 8.04. The summed E-state index contributed by atoms with van der Waals surface area (Å²) in [5.74, 6) is -0.0491. The Balaban J connectivity index is 1.31. The van der Waals surface area contributed by atoms with Crippen LogP contribution in [0.25, 0.3) is 11.1 Å². The molecule has 1 heterocycles. The number of aryl methyl sites for hydroxylation is 1. The fourth-order valence-electron chi connectivity index (χ4n) is 5.41. The number of nitrogens with zero attached hydrogens (tertiary/aromatic N) is 1. The molecule has 9 heteroatoms. The fourth-order valence-corrected chi connectivity index (χ4v) is 5.41. The van der Waals surface area contributed by atoms with Crippen LogP contribution < -0.4 is 20.7 Å². The van der Waals surface area contributed by atoms with Gasteiger partial charge in [-0.05, 0) is 104 Å². The zero-order valence-corrected chi connectivity index (χ0v) is 25.6. The van der Waals surface area contributed by atoms with Crippen molar-refractivity contribution in [3.63, 3.8) is 0 Å². The SMILES string of the molecule is Cc1cccc(OCCCC(=O)N2CCCc3c(-c4cccc(COC(=O)NCCCC[C@@H](N)C(=O)O)c4)cccc32)c1C. The second kappa shape index (κ2) is 15.9. The number of ether oxygens (including phenoxy) is 2. The first-order chi connectivity index (χ1) is 21.2. The first kappa shape index (κ1) is 32.5. The molecule has 0 bridgehead atoms. The molecule has 1 aliphatic rings. The van der Waals surface area contributed by atoms with Crippen molar-refractivity contribution < 1.29 is 29.0 Å². The molecule has 3 aromatic rings. The summed E-state index contributed by atoms with van der Waals surface area (Å²) in [4.78, 5) is 38.2. The maximum absolute atomic E-state index is 13.3. The number of nitrogens with one attached hydrogen (secondary N) is 1. The smallest absolute Gasteiger partial charge is 0.407 e. The van der Waals surface area contributed by atoms with Crippen molar-refractivity contribution in [3.05, 3.63) is 82.9 Å². The minimum Gasteiger partial charge on any atom is -0.493 e. The lowest BCUT2D eigenvalue weighted by atomic mass is 9.91. The van der Waals surface area contributed by atoms with E-state index < -0.39 is 18.1 Å². The maximum atomic E-state index is 13.3. The number of fused-ring (bicyclic) bond motifs is 1. The van der Waals surface area contributed by atoms with Gasteiger partial charge in [0.1, 0.15) is 18.4 Å².